The summed E-state index contributed by atoms with van der Waals surface area (Å²) < 4.78 is 0.335. The number of pyridine rings is 1. The summed E-state index contributed by atoms with van der Waals surface area (Å²) in [6, 6.07) is 2.03. The number of H-pyrrole nitrogens is 1. The number of nitrogens with zero attached hydrogens (tertiary/aromatic N) is 3. The van der Waals surface area contributed by atoms with Gasteiger partial charge in [0.2, 0.25) is 0 Å². The molecule has 4 atom stereocenters. The van der Waals surface area contributed by atoms with E-state index in [9.17, 15) is 10.1 Å². The van der Waals surface area contributed by atoms with Gasteiger partial charge in [-0.1, -0.05) is 22.6 Å². The van der Waals surface area contributed by atoms with Gasteiger partial charge in [0.05, 0.1) is 11.3 Å². The van der Waals surface area contributed by atoms with Crippen molar-refractivity contribution in [3.63, 3.8) is 0 Å². The van der Waals surface area contributed by atoms with Gasteiger partial charge in [0, 0.05) is 45.2 Å². The van der Waals surface area contributed by atoms with Gasteiger partial charge in [-0.15, -0.1) is 0 Å². The van der Waals surface area contributed by atoms with E-state index in [4.69, 9.17) is 5.10 Å². The predicted molar refractivity (Wildman–Crippen MR) is 111 cm³/mol. The highest BCUT2D eigenvalue weighted by Crippen LogP contribution is 2.51. The lowest BCUT2D eigenvalue weighted by atomic mass is 9.65. The monoisotopic (exact) mass is 464 g/mol. The fraction of sp³-hybridized carbons (Fsp3) is 0.556. The van der Waals surface area contributed by atoms with Gasteiger partial charge in [-0.3, -0.25) is 0 Å². The standard InChI is InChI=1S/C18H22BIN4O2/c1-2-24-19(26)12-9-22-17-11(4-6-21-17)15(12)16(23-24)14-10-3-5-18(25,7-10)8-13(14)20/h4,6,9-10,13-14,25-26H,2-3,5,7-8H2,1H3,(H,21,22)/t10-,13+,14-,18-/m0/s1. The Balaban J connectivity index is 1.69. The van der Waals surface area contributed by atoms with Crippen molar-refractivity contribution in [3.8, 4) is 0 Å². The Labute approximate surface area is 166 Å². The maximum absolute atomic E-state index is 10.8. The summed E-state index contributed by atoms with van der Waals surface area (Å²) in [5.41, 5.74) is 3.28. The highest BCUT2D eigenvalue weighted by atomic mass is 127. The van der Waals surface area contributed by atoms with Crippen molar-refractivity contribution < 1.29 is 10.1 Å². The number of rotatable bonds is 2. The molecule has 2 bridgehead atoms. The van der Waals surface area contributed by atoms with Gasteiger partial charge < -0.3 is 20.0 Å². The molecule has 3 aliphatic rings. The topological polar surface area (TPSA) is 84.7 Å². The van der Waals surface area contributed by atoms with Crippen LogP contribution in [0, 0.1) is 11.8 Å². The average molecular weight is 464 g/mol. The van der Waals surface area contributed by atoms with Crippen LogP contribution in [0.5, 0.6) is 0 Å². The minimum Gasteiger partial charge on any atom is -0.428 e. The van der Waals surface area contributed by atoms with E-state index in [0.29, 0.717) is 22.3 Å². The largest absolute Gasteiger partial charge is 0.468 e. The molecule has 3 N–H and O–H groups in total. The molecule has 26 heavy (non-hydrogen) atoms. The van der Waals surface area contributed by atoms with Crippen molar-refractivity contribution in [2.45, 2.75) is 42.1 Å². The highest BCUT2D eigenvalue weighted by molar-refractivity contribution is 14.1. The number of hydrogen-bond donors (Lipinski definition) is 3. The first-order valence-electron chi connectivity index (χ1n) is 9.37. The lowest BCUT2D eigenvalue weighted by Gasteiger charge is -2.41. The predicted octanol–water partition coefficient (Wildman–Crippen LogP) is 1.64. The van der Waals surface area contributed by atoms with Crippen LogP contribution in [0.2, 0.25) is 0 Å². The number of aromatic nitrogens is 2. The number of nitrogens with one attached hydrogen (secondary N) is 1. The second kappa shape index (κ2) is 5.94. The molecule has 5 rings (SSSR count). The lowest BCUT2D eigenvalue weighted by Crippen LogP contribution is -2.54. The van der Waals surface area contributed by atoms with Crippen LogP contribution < -0.4 is 5.46 Å². The molecule has 3 heterocycles. The van der Waals surface area contributed by atoms with Gasteiger partial charge in [0.25, 0.3) is 0 Å². The quantitative estimate of drug-likeness (QED) is 0.359. The van der Waals surface area contributed by atoms with Gasteiger partial charge in [0.1, 0.15) is 5.65 Å². The van der Waals surface area contributed by atoms with Crippen LogP contribution in [0.1, 0.15) is 38.2 Å². The van der Waals surface area contributed by atoms with Crippen molar-refractivity contribution >= 4 is 51.8 Å². The normalized spacial score (nSPS) is 33.5. The van der Waals surface area contributed by atoms with E-state index in [-0.39, 0.29) is 0 Å². The highest BCUT2D eigenvalue weighted by Gasteiger charge is 2.52. The molecule has 0 saturated heterocycles. The number of halogens is 1. The van der Waals surface area contributed by atoms with E-state index in [1.807, 2.05) is 19.2 Å². The Bertz CT molecular complexity index is 902. The van der Waals surface area contributed by atoms with Gasteiger partial charge in [-0.2, -0.15) is 5.10 Å². The molecule has 0 aromatic carbocycles. The Morgan fingerprint density at radius 3 is 3.12 bits per heavy atom. The molecule has 2 aromatic heterocycles. The fourth-order valence-corrected chi connectivity index (χ4v) is 6.95. The lowest BCUT2D eigenvalue weighted by molar-refractivity contribution is 0.0176. The van der Waals surface area contributed by atoms with Crippen molar-refractivity contribution in [1.29, 1.82) is 0 Å². The van der Waals surface area contributed by atoms with Gasteiger partial charge in [-0.25, -0.2) is 4.98 Å². The maximum atomic E-state index is 10.8. The number of aromatic amines is 1. The molecule has 2 fully saturated rings. The molecule has 6 nitrogen and oxygen atoms in total. The van der Waals surface area contributed by atoms with E-state index in [0.717, 1.165) is 53.5 Å². The third-order valence-corrected chi connectivity index (χ3v) is 7.62. The first-order valence-corrected chi connectivity index (χ1v) is 10.6. The number of hydrazone groups is 1. The zero-order valence-electron chi connectivity index (χ0n) is 14.7. The third-order valence-electron chi connectivity index (χ3n) is 6.40. The number of hydrogen-bond acceptors (Lipinski definition) is 5. The molecular weight excluding hydrogens is 442 g/mol. The van der Waals surface area contributed by atoms with Crippen LogP contribution in [0.3, 0.4) is 0 Å². The minimum absolute atomic E-state index is 0.291. The number of fused-ring (bicyclic) bond motifs is 5. The SMILES string of the molecule is CCN1N=C([C@H]2[C@H]3CC[C@](O)(C3)C[C@H]2I)c2c(cnc3[nH]ccc23)B1O. The molecular formula is C18H22BIN4O2. The van der Waals surface area contributed by atoms with Crippen LogP contribution in [0.15, 0.2) is 23.6 Å². The second-order valence-electron chi connectivity index (χ2n) is 7.92. The minimum atomic E-state index is -0.762. The van der Waals surface area contributed by atoms with Crippen LogP contribution in [-0.2, 0) is 0 Å². The second-order valence-corrected chi connectivity index (χ2v) is 9.52. The summed E-state index contributed by atoms with van der Waals surface area (Å²) in [4.78, 5) is 9.43. The summed E-state index contributed by atoms with van der Waals surface area (Å²) in [5, 5.41) is 27.5. The molecule has 1 aliphatic heterocycles. The summed E-state index contributed by atoms with van der Waals surface area (Å²) in [6.45, 7) is 2.65. The maximum Gasteiger partial charge on any atom is 0.468 e. The average Bonchev–Trinajstić information content (AvgIpc) is 3.21. The molecule has 0 radical (unpaired) electrons. The smallest absolute Gasteiger partial charge is 0.428 e. The number of alkyl halides is 1. The van der Waals surface area contributed by atoms with E-state index >= 15 is 0 Å². The Morgan fingerprint density at radius 2 is 2.31 bits per heavy atom. The van der Waals surface area contributed by atoms with E-state index < -0.39 is 12.7 Å². The van der Waals surface area contributed by atoms with Crippen molar-refractivity contribution in [1.82, 2.24) is 14.9 Å². The molecule has 0 spiro atoms. The summed E-state index contributed by atoms with van der Waals surface area (Å²) in [6.07, 6.45) is 7.30. The van der Waals surface area contributed by atoms with E-state index in [1.165, 1.54) is 0 Å². The number of aliphatic hydroxyl groups is 1. The van der Waals surface area contributed by atoms with Crippen molar-refractivity contribution in [3.05, 3.63) is 24.0 Å². The Hall–Kier alpha value is -1.13. The molecule has 136 valence electrons. The van der Waals surface area contributed by atoms with E-state index in [2.05, 4.69) is 32.6 Å². The van der Waals surface area contributed by atoms with Crippen molar-refractivity contribution in [2.75, 3.05) is 6.54 Å². The zero-order chi connectivity index (χ0) is 18.1. The van der Waals surface area contributed by atoms with Crippen LogP contribution >= 0.6 is 22.6 Å². The van der Waals surface area contributed by atoms with Gasteiger partial charge in [0.15, 0.2) is 0 Å². The molecule has 2 saturated carbocycles. The van der Waals surface area contributed by atoms with Crippen LogP contribution in [0.25, 0.3) is 11.0 Å². The summed E-state index contributed by atoms with van der Waals surface area (Å²) in [5.74, 6) is 0.734. The van der Waals surface area contributed by atoms with Gasteiger partial charge in [-0.05, 0) is 44.6 Å². The third kappa shape index (κ3) is 2.38. The zero-order valence-corrected chi connectivity index (χ0v) is 16.8. The molecule has 2 aliphatic carbocycles. The van der Waals surface area contributed by atoms with Crippen LogP contribution in [0.4, 0.5) is 0 Å². The molecule has 8 heteroatoms. The Kier molecular flexibility index (Phi) is 3.88. The summed E-state index contributed by atoms with van der Waals surface area (Å²) >= 11 is 2.50. The first kappa shape index (κ1) is 17.0. The van der Waals surface area contributed by atoms with Crippen LogP contribution in [-0.4, -0.2) is 53.9 Å². The summed E-state index contributed by atoms with van der Waals surface area (Å²) in [7, 11) is -0.762. The fourth-order valence-electron chi connectivity index (χ4n) is 5.20. The Morgan fingerprint density at radius 1 is 1.46 bits per heavy atom. The van der Waals surface area contributed by atoms with Gasteiger partial charge >= 0.3 is 7.05 Å². The van der Waals surface area contributed by atoms with Crippen molar-refractivity contribution in [2.24, 2.45) is 16.9 Å². The first-order chi connectivity index (χ1) is 12.5. The molecule has 0 amide bonds. The van der Waals surface area contributed by atoms with E-state index in [1.54, 1.807) is 11.1 Å². The molecule has 2 aromatic rings. The molecule has 0 unspecified atom stereocenters.